The molecule has 6 nitrogen and oxygen atoms in total. The van der Waals surface area contributed by atoms with E-state index in [1.54, 1.807) is 0 Å². The summed E-state index contributed by atoms with van der Waals surface area (Å²) >= 11 is 0.558. The second-order valence-corrected chi connectivity index (χ2v) is 8.52. The van der Waals surface area contributed by atoms with Gasteiger partial charge in [0.2, 0.25) is 5.78 Å². The molecule has 0 spiro atoms. The molecule has 5 aromatic rings. The summed E-state index contributed by atoms with van der Waals surface area (Å²) in [6, 6.07) is 10.0. The molecule has 186 valence electrons. The summed E-state index contributed by atoms with van der Waals surface area (Å²) in [6.07, 6.45) is 2.46. The predicted octanol–water partition coefficient (Wildman–Crippen LogP) is 6.75. The highest BCUT2D eigenvalue weighted by atomic mass is 32.2. The second-order valence-electron chi connectivity index (χ2n) is 7.67. The molecule has 37 heavy (non-hydrogen) atoms. The van der Waals surface area contributed by atoms with E-state index in [4.69, 9.17) is 0 Å². The Kier molecular flexibility index (Phi) is 6.49. The molecule has 2 heterocycles. The van der Waals surface area contributed by atoms with Crippen molar-refractivity contribution in [2.45, 2.75) is 4.90 Å². The molecule has 2 aromatic heterocycles. The van der Waals surface area contributed by atoms with E-state index in [9.17, 15) is 22.4 Å². The minimum Gasteiger partial charge on any atom is -0.345 e. The number of fused-ring (bicyclic) bond motifs is 1. The number of hydrogen-bond donors (Lipinski definition) is 3. The van der Waals surface area contributed by atoms with Crippen LogP contribution in [0.1, 0.15) is 15.9 Å². The number of anilines is 3. The molecular weight excluding hydrogens is 513 g/mol. The van der Waals surface area contributed by atoms with Crippen molar-refractivity contribution < 1.29 is 26.7 Å². The Hall–Kier alpha value is -4.45. The van der Waals surface area contributed by atoms with Crippen LogP contribution in [0, 0.1) is 29.1 Å². The first kappa shape index (κ1) is 24.3. The Bertz CT molecular complexity index is 1640. The van der Waals surface area contributed by atoms with Crippen molar-refractivity contribution in [3.05, 3.63) is 107 Å². The van der Waals surface area contributed by atoms with Crippen molar-refractivity contribution in [1.82, 2.24) is 15.0 Å². The van der Waals surface area contributed by atoms with Gasteiger partial charge in [-0.1, -0.05) is 0 Å². The first-order valence-corrected chi connectivity index (χ1v) is 11.4. The first-order chi connectivity index (χ1) is 17.8. The maximum atomic E-state index is 15.3. The fraction of sp³-hybridized carbons (Fsp3) is 0. The highest BCUT2D eigenvalue weighted by Gasteiger charge is 2.26. The lowest BCUT2D eigenvalue weighted by molar-refractivity contribution is 0.103. The van der Waals surface area contributed by atoms with Gasteiger partial charge in [-0.15, -0.1) is 0 Å². The Morgan fingerprint density at radius 2 is 1.59 bits per heavy atom. The standard InChI is InChI=1S/C25H14F5N5OS/c26-12-1-4-14(5-2-12)34-25-20-15(10-31-24(20)32-11-33-25)23(36)21-17(29)7-8-18(22(21)30)35-37-19-9-13(27)3-6-16(19)28/h1-11,35H,(H2,31,32,33,34). The number of rotatable bonds is 7. The van der Waals surface area contributed by atoms with Crippen LogP contribution in [0.4, 0.5) is 39.1 Å². The van der Waals surface area contributed by atoms with E-state index < -0.39 is 40.4 Å². The maximum absolute atomic E-state index is 15.3. The molecule has 0 atom stereocenters. The van der Waals surface area contributed by atoms with Gasteiger partial charge in [-0.3, -0.25) is 4.79 Å². The number of hydrogen-bond acceptors (Lipinski definition) is 6. The summed E-state index contributed by atoms with van der Waals surface area (Å²) in [4.78, 5) is 24.1. The lowest BCUT2D eigenvalue weighted by atomic mass is 10.0. The smallest absolute Gasteiger partial charge is 0.201 e. The molecular formula is C25H14F5N5OS. The van der Waals surface area contributed by atoms with Crippen molar-refractivity contribution in [2.75, 3.05) is 10.0 Å². The van der Waals surface area contributed by atoms with Gasteiger partial charge in [0.15, 0.2) is 5.82 Å². The highest BCUT2D eigenvalue weighted by molar-refractivity contribution is 8.00. The van der Waals surface area contributed by atoms with Gasteiger partial charge in [-0.05, 0) is 66.5 Å². The van der Waals surface area contributed by atoms with E-state index in [1.165, 1.54) is 36.8 Å². The molecule has 5 rings (SSSR count). The van der Waals surface area contributed by atoms with E-state index in [1.807, 2.05) is 0 Å². The summed E-state index contributed by atoms with van der Waals surface area (Å²) < 4.78 is 73.2. The molecule has 3 N–H and O–H groups in total. The van der Waals surface area contributed by atoms with Crippen LogP contribution in [0.25, 0.3) is 11.0 Å². The van der Waals surface area contributed by atoms with Crippen molar-refractivity contribution in [3.8, 4) is 0 Å². The van der Waals surface area contributed by atoms with E-state index in [-0.39, 0.29) is 33.0 Å². The lowest BCUT2D eigenvalue weighted by Gasteiger charge is -2.12. The van der Waals surface area contributed by atoms with Crippen LogP contribution in [0.3, 0.4) is 0 Å². The molecule has 0 saturated carbocycles. The number of carbonyl (C=O) groups is 1. The third-order valence-corrected chi connectivity index (χ3v) is 6.16. The average molecular weight is 527 g/mol. The number of H-pyrrole nitrogens is 1. The first-order valence-electron chi connectivity index (χ1n) is 10.6. The van der Waals surface area contributed by atoms with E-state index in [2.05, 4.69) is 25.0 Å². The summed E-state index contributed by atoms with van der Waals surface area (Å²) in [5.74, 6) is -5.13. The van der Waals surface area contributed by atoms with Gasteiger partial charge < -0.3 is 15.0 Å². The Morgan fingerprint density at radius 1 is 0.865 bits per heavy atom. The van der Waals surface area contributed by atoms with E-state index in [0.29, 0.717) is 17.6 Å². The number of ketones is 1. The van der Waals surface area contributed by atoms with E-state index >= 15 is 4.39 Å². The second kappa shape index (κ2) is 9.90. The van der Waals surface area contributed by atoms with Gasteiger partial charge in [0.25, 0.3) is 0 Å². The maximum Gasteiger partial charge on any atom is 0.201 e. The van der Waals surface area contributed by atoms with Crippen LogP contribution in [0.15, 0.2) is 72.0 Å². The Morgan fingerprint density at radius 3 is 2.38 bits per heavy atom. The van der Waals surface area contributed by atoms with Crippen molar-refractivity contribution >= 4 is 46.0 Å². The predicted molar refractivity (Wildman–Crippen MR) is 129 cm³/mol. The SMILES string of the molecule is O=C(c1c(F)ccc(NSc2cc(F)ccc2F)c1F)c1c[nH]c2ncnc(Nc3ccc(F)cc3)c12. The fourth-order valence-electron chi connectivity index (χ4n) is 3.55. The van der Waals surface area contributed by atoms with Crippen LogP contribution in [-0.4, -0.2) is 20.7 Å². The van der Waals surface area contributed by atoms with Gasteiger partial charge in [-0.2, -0.15) is 0 Å². The topological polar surface area (TPSA) is 82.7 Å². The highest BCUT2D eigenvalue weighted by Crippen LogP contribution is 2.32. The van der Waals surface area contributed by atoms with Crippen molar-refractivity contribution in [1.29, 1.82) is 0 Å². The van der Waals surface area contributed by atoms with Gasteiger partial charge in [0, 0.05) is 11.9 Å². The zero-order valence-corrected chi connectivity index (χ0v) is 19.3. The number of benzene rings is 3. The van der Waals surface area contributed by atoms with Crippen LogP contribution in [-0.2, 0) is 0 Å². The molecule has 0 aliphatic rings. The van der Waals surface area contributed by atoms with Gasteiger partial charge in [0.05, 0.1) is 27.1 Å². The quantitative estimate of drug-likeness (QED) is 0.123. The molecule has 0 amide bonds. The number of carbonyl (C=O) groups excluding carboxylic acids is 1. The van der Waals surface area contributed by atoms with Crippen molar-refractivity contribution in [3.63, 3.8) is 0 Å². The van der Waals surface area contributed by atoms with Gasteiger partial charge in [0.1, 0.15) is 41.1 Å². The molecule has 0 aliphatic heterocycles. The fourth-order valence-corrected chi connectivity index (χ4v) is 4.26. The lowest BCUT2D eigenvalue weighted by Crippen LogP contribution is -2.10. The summed E-state index contributed by atoms with van der Waals surface area (Å²) in [5.41, 5.74) is -0.651. The average Bonchev–Trinajstić information content (AvgIpc) is 3.32. The van der Waals surface area contributed by atoms with Gasteiger partial charge >= 0.3 is 0 Å². The molecule has 12 heteroatoms. The summed E-state index contributed by atoms with van der Waals surface area (Å²) in [7, 11) is 0. The number of nitrogens with one attached hydrogen (secondary N) is 3. The zero-order valence-electron chi connectivity index (χ0n) is 18.5. The molecule has 0 radical (unpaired) electrons. The van der Waals surface area contributed by atoms with Crippen molar-refractivity contribution in [2.24, 2.45) is 0 Å². The minimum absolute atomic E-state index is 0.126. The largest absolute Gasteiger partial charge is 0.345 e. The third-order valence-electron chi connectivity index (χ3n) is 5.30. The summed E-state index contributed by atoms with van der Waals surface area (Å²) in [6.45, 7) is 0. The molecule has 3 aromatic carbocycles. The van der Waals surface area contributed by atoms with Crippen LogP contribution in [0.5, 0.6) is 0 Å². The van der Waals surface area contributed by atoms with Crippen LogP contribution >= 0.6 is 11.9 Å². The number of aromatic nitrogens is 3. The number of halogens is 5. The number of nitrogens with zero attached hydrogens (tertiary/aromatic N) is 2. The minimum atomic E-state index is -1.23. The molecule has 0 unspecified atom stereocenters. The third kappa shape index (κ3) is 4.83. The van der Waals surface area contributed by atoms with E-state index in [0.717, 1.165) is 30.3 Å². The Labute approximate surface area is 210 Å². The Balaban J connectivity index is 1.50. The molecule has 0 aliphatic carbocycles. The zero-order chi connectivity index (χ0) is 26.1. The molecule has 0 bridgehead atoms. The molecule has 0 fully saturated rings. The summed E-state index contributed by atoms with van der Waals surface area (Å²) in [5, 5.41) is 3.09. The normalized spacial score (nSPS) is 11.1. The van der Waals surface area contributed by atoms with Crippen LogP contribution < -0.4 is 10.0 Å². The van der Waals surface area contributed by atoms with Gasteiger partial charge in [-0.25, -0.2) is 31.9 Å². The monoisotopic (exact) mass is 527 g/mol. The number of aromatic amines is 1. The molecule has 0 saturated heterocycles. The van der Waals surface area contributed by atoms with Crippen LogP contribution in [0.2, 0.25) is 0 Å².